The first-order chi connectivity index (χ1) is 10.6. The molecule has 5 heteroatoms. The normalized spacial score (nSPS) is 28.3. The Labute approximate surface area is 140 Å². The predicted molar refractivity (Wildman–Crippen MR) is 93.1 cm³/mol. The molecule has 2 rings (SSSR count). The summed E-state index contributed by atoms with van der Waals surface area (Å²) in [5.74, 6) is 1.31. The van der Waals surface area contributed by atoms with Gasteiger partial charge in [-0.2, -0.15) is 0 Å². The molecule has 1 aromatic rings. The van der Waals surface area contributed by atoms with Crippen LogP contribution in [0, 0.1) is 11.8 Å². The van der Waals surface area contributed by atoms with Crippen LogP contribution in [0.25, 0.3) is 0 Å². The molecule has 4 atom stereocenters. The molecule has 4 nitrogen and oxygen atoms in total. The van der Waals surface area contributed by atoms with Crippen molar-refractivity contribution in [2.24, 2.45) is 11.8 Å². The second-order valence-electron chi connectivity index (χ2n) is 7.33. The molecule has 130 valence electrons. The van der Waals surface area contributed by atoms with Gasteiger partial charge >= 0.3 is 0 Å². The van der Waals surface area contributed by atoms with Gasteiger partial charge in [-0.3, -0.25) is 0 Å². The summed E-state index contributed by atoms with van der Waals surface area (Å²) in [6, 6.07) is 6.95. The maximum Gasteiger partial charge on any atom is 0.175 e. The Bertz CT molecular complexity index is 622. The largest absolute Gasteiger partial charge is 0.384 e. The average molecular weight is 340 g/mol. The van der Waals surface area contributed by atoms with Crippen LogP contribution in [0.1, 0.15) is 45.6 Å². The van der Waals surface area contributed by atoms with E-state index in [0.29, 0.717) is 24.4 Å². The summed E-state index contributed by atoms with van der Waals surface area (Å²) in [6.45, 7) is 6.80. The first-order valence-electron chi connectivity index (χ1n) is 8.37. The van der Waals surface area contributed by atoms with Crippen molar-refractivity contribution in [2.45, 2.75) is 56.6 Å². The maximum absolute atomic E-state index is 11.5. The number of hydrogen-bond acceptors (Lipinski definition) is 4. The summed E-state index contributed by atoms with van der Waals surface area (Å²) in [7, 11) is -3.21. The smallest absolute Gasteiger partial charge is 0.175 e. The van der Waals surface area contributed by atoms with Crippen molar-refractivity contribution in [2.75, 3.05) is 12.8 Å². The number of hydrogen-bond donors (Lipinski definition) is 2. The fourth-order valence-corrected chi connectivity index (χ4v) is 3.99. The molecule has 1 fully saturated rings. The van der Waals surface area contributed by atoms with Crippen molar-refractivity contribution in [1.29, 1.82) is 0 Å². The van der Waals surface area contributed by atoms with E-state index in [0.717, 1.165) is 12.0 Å². The lowest BCUT2D eigenvalue weighted by atomic mass is 9.78. The summed E-state index contributed by atoms with van der Waals surface area (Å²) in [5, 5.41) is 14.3. The lowest BCUT2D eigenvalue weighted by Crippen LogP contribution is -2.46. The highest BCUT2D eigenvalue weighted by Crippen LogP contribution is 2.30. The summed E-state index contributed by atoms with van der Waals surface area (Å²) in [6.07, 6.45) is 4.85. The number of nitrogens with one attached hydrogen (secondary N) is 1. The number of rotatable bonds is 5. The highest BCUT2D eigenvalue weighted by Gasteiger charge is 2.30. The number of benzene rings is 1. The van der Waals surface area contributed by atoms with Crippen molar-refractivity contribution < 1.29 is 13.5 Å². The van der Waals surface area contributed by atoms with Crippen LogP contribution in [0.2, 0.25) is 0 Å². The fraction of sp³-hybridized carbons (Fsp3) is 0.667. The van der Waals surface area contributed by atoms with Crippen molar-refractivity contribution in [1.82, 2.24) is 5.32 Å². The van der Waals surface area contributed by atoms with Gasteiger partial charge in [-0.05, 0) is 42.9 Å². The first-order valence-corrected chi connectivity index (χ1v) is 10.3. The van der Waals surface area contributed by atoms with E-state index < -0.39 is 15.4 Å². The molecule has 1 saturated carbocycles. The minimum absolute atomic E-state index is 0.278. The summed E-state index contributed by atoms with van der Waals surface area (Å²) in [4.78, 5) is 0.278. The van der Waals surface area contributed by atoms with Crippen molar-refractivity contribution in [3.63, 3.8) is 0 Å². The van der Waals surface area contributed by atoms with Gasteiger partial charge in [0.25, 0.3) is 0 Å². The molecule has 0 radical (unpaired) electrons. The van der Waals surface area contributed by atoms with E-state index in [9.17, 15) is 13.5 Å². The zero-order chi connectivity index (χ0) is 17.3. The second kappa shape index (κ2) is 6.91. The van der Waals surface area contributed by atoms with Gasteiger partial charge < -0.3 is 10.4 Å². The van der Waals surface area contributed by atoms with Gasteiger partial charge in [0.05, 0.1) is 10.5 Å². The van der Waals surface area contributed by atoms with E-state index >= 15 is 0 Å². The van der Waals surface area contributed by atoms with Crippen LogP contribution < -0.4 is 5.32 Å². The highest BCUT2D eigenvalue weighted by molar-refractivity contribution is 7.90. The Kier molecular flexibility index (Phi) is 5.54. The van der Waals surface area contributed by atoms with Crippen LogP contribution >= 0.6 is 0 Å². The quantitative estimate of drug-likeness (QED) is 0.865. The lowest BCUT2D eigenvalue weighted by molar-refractivity contribution is 0.0468. The van der Waals surface area contributed by atoms with Crippen molar-refractivity contribution in [3.05, 3.63) is 29.8 Å². The molecule has 0 aromatic heterocycles. The van der Waals surface area contributed by atoms with Crippen LogP contribution in [0.15, 0.2) is 29.2 Å². The first kappa shape index (κ1) is 18.4. The summed E-state index contributed by atoms with van der Waals surface area (Å²) in [5.41, 5.74) is -0.287. The monoisotopic (exact) mass is 339 g/mol. The molecular weight excluding hydrogens is 310 g/mol. The Morgan fingerprint density at radius 2 is 1.83 bits per heavy atom. The topological polar surface area (TPSA) is 66.4 Å². The Balaban J connectivity index is 2.03. The molecule has 0 heterocycles. The van der Waals surface area contributed by atoms with Gasteiger partial charge in [0.15, 0.2) is 9.84 Å². The molecular formula is C18H29NO3S. The van der Waals surface area contributed by atoms with Crippen LogP contribution in [-0.2, 0) is 15.4 Å². The third-order valence-corrected chi connectivity index (χ3v) is 6.45. The molecule has 0 saturated heterocycles. The second-order valence-corrected chi connectivity index (χ2v) is 9.34. The standard InChI is InChI=1S/C18H29NO3S/c1-13-6-5-7-17(14(13)2)19-12-18(3,20)15-8-10-16(11-9-15)23(4,21)22/h8-11,13-14,17,19-20H,5-7,12H2,1-4H3/t13-,14-,17+,18+/m1/s1. The molecule has 0 spiro atoms. The van der Waals surface area contributed by atoms with Gasteiger partial charge in [-0.1, -0.05) is 38.8 Å². The fourth-order valence-electron chi connectivity index (χ4n) is 3.36. The van der Waals surface area contributed by atoms with E-state index in [-0.39, 0.29) is 4.90 Å². The summed E-state index contributed by atoms with van der Waals surface area (Å²) < 4.78 is 23.0. The van der Waals surface area contributed by atoms with E-state index in [2.05, 4.69) is 19.2 Å². The third kappa shape index (κ3) is 4.55. The van der Waals surface area contributed by atoms with Crippen molar-refractivity contribution >= 4 is 9.84 Å². The van der Waals surface area contributed by atoms with E-state index in [1.165, 1.54) is 19.1 Å². The molecule has 1 aromatic carbocycles. The van der Waals surface area contributed by atoms with Gasteiger partial charge in [-0.25, -0.2) is 8.42 Å². The van der Waals surface area contributed by atoms with E-state index in [1.807, 2.05) is 0 Å². The average Bonchev–Trinajstić information content (AvgIpc) is 2.48. The van der Waals surface area contributed by atoms with Crippen LogP contribution in [0.4, 0.5) is 0 Å². The molecule has 0 bridgehead atoms. The van der Waals surface area contributed by atoms with Crippen molar-refractivity contribution in [3.8, 4) is 0 Å². The third-order valence-electron chi connectivity index (χ3n) is 5.32. The molecule has 0 unspecified atom stereocenters. The van der Waals surface area contributed by atoms with Crippen LogP contribution in [0.5, 0.6) is 0 Å². The maximum atomic E-state index is 11.5. The van der Waals surface area contributed by atoms with Gasteiger partial charge in [0, 0.05) is 18.8 Å². The Hall–Kier alpha value is -0.910. The minimum atomic E-state index is -3.21. The SMILES string of the molecule is C[C@@H]1[C@H](C)CCC[C@@H]1NC[C@](C)(O)c1ccc(S(C)(=O)=O)cc1. The zero-order valence-corrected chi connectivity index (χ0v) is 15.4. The van der Waals surface area contributed by atoms with Crippen LogP contribution in [-0.4, -0.2) is 32.4 Å². The molecule has 2 N–H and O–H groups in total. The van der Waals surface area contributed by atoms with E-state index in [1.54, 1.807) is 31.2 Å². The lowest BCUT2D eigenvalue weighted by Gasteiger charge is -2.37. The van der Waals surface area contributed by atoms with Crippen LogP contribution in [0.3, 0.4) is 0 Å². The Morgan fingerprint density at radius 1 is 1.22 bits per heavy atom. The van der Waals surface area contributed by atoms with Gasteiger partial charge in [-0.15, -0.1) is 0 Å². The molecule has 23 heavy (non-hydrogen) atoms. The molecule has 1 aliphatic rings. The predicted octanol–water partition coefficient (Wildman–Crippen LogP) is 2.71. The highest BCUT2D eigenvalue weighted by atomic mass is 32.2. The number of sulfone groups is 1. The zero-order valence-electron chi connectivity index (χ0n) is 14.5. The molecule has 0 aliphatic heterocycles. The number of aliphatic hydroxyl groups is 1. The summed E-state index contributed by atoms with van der Waals surface area (Å²) >= 11 is 0. The van der Waals surface area contributed by atoms with Gasteiger partial charge in [0.2, 0.25) is 0 Å². The molecule has 1 aliphatic carbocycles. The Morgan fingerprint density at radius 3 is 2.39 bits per heavy atom. The van der Waals surface area contributed by atoms with E-state index in [4.69, 9.17) is 0 Å². The molecule has 0 amide bonds. The van der Waals surface area contributed by atoms with Gasteiger partial charge in [0.1, 0.15) is 0 Å². The minimum Gasteiger partial charge on any atom is -0.384 e.